The molecule has 1 heterocycles. The number of amides is 4. The number of carbonyl (C=O) groups excluding carboxylic acids is 3. The molecule has 21 heavy (non-hydrogen) atoms. The Morgan fingerprint density at radius 2 is 1.90 bits per heavy atom. The number of nitrogens with one attached hydrogen (secondary N) is 2. The predicted octanol–water partition coefficient (Wildman–Crippen LogP) is 0.126. The van der Waals surface area contributed by atoms with Crippen LogP contribution in [-0.4, -0.2) is 46.9 Å². The molecule has 0 bridgehead atoms. The summed E-state index contributed by atoms with van der Waals surface area (Å²) in [6, 6.07) is -0.525. The van der Waals surface area contributed by atoms with Crippen LogP contribution in [0, 0.1) is 0 Å². The van der Waals surface area contributed by atoms with Crippen molar-refractivity contribution in [1.29, 1.82) is 0 Å². The molecular weight excluding hydrogens is 296 g/mol. The number of nitrogens with zero attached hydrogens (tertiary/aromatic N) is 1. The predicted molar refractivity (Wildman–Crippen MR) is 80.0 cm³/mol. The van der Waals surface area contributed by atoms with Crippen LogP contribution in [0.25, 0.3) is 0 Å². The van der Waals surface area contributed by atoms with Gasteiger partial charge < -0.3 is 16.0 Å². The van der Waals surface area contributed by atoms with E-state index in [-0.39, 0.29) is 36.3 Å². The Kier molecular flexibility index (Phi) is 5.22. The van der Waals surface area contributed by atoms with E-state index in [1.165, 1.54) is 4.90 Å². The van der Waals surface area contributed by atoms with Gasteiger partial charge in [-0.2, -0.15) is 0 Å². The zero-order valence-electron chi connectivity index (χ0n) is 12.4. The van der Waals surface area contributed by atoms with E-state index in [0.29, 0.717) is 6.54 Å². The summed E-state index contributed by atoms with van der Waals surface area (Å²) >= 11 is 0. The Balaban J connectivity index is 0.00000220. The van der Waals surface area contributed by atoms with Crippen LogP contribution in [0.4, 0.5) is 4.79 Å². The van der Waals surface area contributed by atoms with Gasteiger partial charge in [0.2, 0.25) is 5.91 Å². The van der Waals surface area contributed by atoms with E-state index in [1.54, 1.807) is 13.8 Å². The topological polar surface area (TPSA) is 105 Å². The molecule has 2 rings (SSSR count). The molecule has 2 aliphatic rings. The molecular formula is C13H23ClN4O3. The van der Waals surface area contributed by atoms with Crippen LogP contribution in [0.2, 0.25) is 0 Å². The maximum absolute atomic E-state index is 12.2. The Morgan fingerprint density at radius 3 is 2.33 bits per heavy atom. The number of carbonyl (C=O) groups is 3. The Labute approximate surface area is 130 Å². The maximum Gasteiger partial charge on any atom is 0.325 e. The summed E-state index contributed by atoms with van der Waals surface area (Å²) < 4.78 is 0. The number of hydrogen-bond acceptors (Lipinski definition) is 4. The molecule has 2 fully saturated rings. The maximum atomic E-state index is 12.2. The second kappa shape index (κ2) is 6.19. The van der Waals surface area contributed by atoms with Crippen LogP contribution in [-0.2, 0) is 9.59 Å². The second-order valence-corrected chi connectivity index (χ2v) is 6.14. The highest BCUT2D eigenvalue weighted by atomic mass is 35.5. The number of hydrogen-bond donors (Lipinski definition) is 3. The minimum Gasteiger partial charge on any atom is -0.348 e. The molecule has 4 amide bonds. The summed E-state index contributed by atoms with van der Waals surface area (Å²) in [4.78, 5) is 36.8. The van der Waals surface area contributed by atoms with E-state index < -0.39 is 11.6 Å². The van der Waals surface area contributed by atoms with Gasteiger partial charge in [-0.1, -0.05) is 12.8 Å². The standard InChI is InChI=1S/C13H22N4O3.ClH/c1-12(2)10(19)15-11(20)17(12)7-9(18)16-13(8-14)5-3-4-6-13;/h3-8,14H2,1-2H3,(H,16,18)(H,15,19,20);1H. The summed E-state index contributed by atoms with van der Waals surface area (Å²) in [6.45, 7) is 3.50. The van der Waals surface area contributed by atoms with Crippen molar-refractivity contribution < 1.29 is 14.4 Å². The van der Waals surface area contributed by atoms with Gasteiger partial charge in [0.1, 0.15) is 12.1 Å². The van der Waals surface area contributed by atoms with Crippen molar-refractivity contribution in [3.63, 3.8) is 0 Å². The highest BCUT2D eigenvalue weighted by Gasteiger charge is 2.46. The van der Waals surface area contributed by atoms with Crippen molar-refractivity contribution in [2.45, 2.75) is 50.6 Å². The fourth-order valence-corrected chi connectivity index (χ4v) is 2.87. The van der Waals surface area contributed by atoms with Gasteiger partial charge in [-0.05, 0) is 26.7 Å². The number of urea groups is 1. The first-order valence-electron chi connectivity index (χ1n) is 6.95. The van der Waals surface area contributed by atoms with Crippen LogP contribution < -0.4 is 16.4 Å². The molecule has 1 saturated heterocycles. The molecule has 4 N–H and O–H groups in total. The van der Waals surface area contributed by atoms with E-state index in [2.05, 4.69) is 10.6 Å². The Morgan fingerprint density at radius 1 is 1.33 bits per heavy atom. The molecule has 1 saturated carbocycles. The van der Waals surface area contributed by atoms with E-state index in [4.69, 9.17) is 5.73 Å². The van der Waals surface area contributed by atoms with Gasteiger partial charge in [-0.3, -0.25) is 14.9 Å². The highest BCUT2D eigenvalue weighted by molar-refractivity contribution is 6.07. The highest BCUT2D eigenvalue weighted by Crippen LogP contribution is 2.28. The van der Waals surface area contributed by atoms with Crippen molar-refractivity contribution in [3.8, 4) is 0 Å². The van der Waals surface area contributed by atoms with Crippen molar-refractivity contribution in [3.05, 3.63) is 0 Å². The summed E-state index contributed by atoms with van der Waals surface area (Å²) in [5, 5.41) is 5.17. The minimum atomic E-state index is -1.00. The van der Waals surface area contributed by atoms with E-state index in [1.807, 2.05) is 0 Å². The second-order valence-electron chi connectivity index (χ2n) is 6.14. The van der Waals surface area contributed by atoms with Gasteiger partial charge in [0.15, 0.2) is 0 Å². The van der Waals surface area contributed by atoms with Crippen molar-refractivity contribution >= 4 is 30.3 Å². The Hall–Kier alpha value is -1.34. The average molecular weight is 319 g/mol. The molecule has 0 spiro atoms. The Bertz CT molecular complexity index is 447. The van der Waals surface area contributed by atoms with Gasteiger partial charge in [0.25, 0.3) is 5.91 Å². The molecule has 1 aliphatic heterocycles. The van der Waals surface area contributed by atoms with E-state index in [0.717, 1.165) is 25.7 Å². The largest absolute Gasteiger partial charge is 0.348 e. The SMILES string of the molecule is CC1(C)C(=O)NC(=O)N1CC(=O)NC1(CN)CCCC1.Cl. The van der Waals surface area contributed by atoms with Gasteiger partial charge in [0, 0.05) is 6.54 Å². The van der Waals surface area contributed by atoms with Crippen LogP contribution in [0.3, 0.4) is 0 Å². The lowest BCUT2D eigenvalue weighted by atomic mass is 9.97. The molecule has 0 unspecified atom stereocenters. The molecule has 0 atom stereocenters. The van der Waals surface area contributed by atoms with Gasteiger partial charge in [0.05, 0.1) is 5.54 Å². The third kappa shape index (κ3) is 3.29. The first-order valence-corrected chi connectivity index (χ1v) is 6.95. The van der Waals surface area contributed by atoms with E-state index >= 15 is 0 Å². The molecule has 0 radical (unpaired) electrons. The number of halogens is 1. The lowest BCUT2D eigenvalue weighted by Crippen LogP contribution is -2.56. The molecule has 0 aromatic carbocycles. The summed E-state index contributed by atoms with van der Waals surface area (Å²) in [5.41, 5.74) is 4.42. The molecule has 1 aliphatic carbocycles. The number of imide groups is 1. The summed E-state index contributed by atoms with van der Waals surface area (Å²) in [5.74, 6) is -0.653. The van der Waals surface area contributed by atoms with Crippen molar-refractivity contribution in [2.24, 2.45) is 5.73 Å². The molecule has 120 valence electrons. The smallest absolute Gasteiger partial charge is 0.325 e. The molecule has 0 aromatic rings. The first kappa shape index (κ1) is 17.7. The lowest BCUT2D eigenvalue weighted by molar-refractivity contribution is -0.127. The summed E-state index contributed by atoms with van der Waals surface area (Å²) in [7, 11) is 0. The molecule has 0 aromatic heterocycles. The van der Waals surface area contributed by atoms with Crippen LogP contribution in [0.1, 0.15) is 39.5 Å². The van der Waals surface area contributed by atoms with Crippen LogP contribution in [0.15, 0.2) is 0 Å². The third-order valence-electron chi connectivity index (χ3n) is 4.35. The van der Waals surface area contributed by atoms with Crippen molar-refractivity contribution in [1.82, 2.24) is 15.5 Å². The number of nitrogens with two attached hydrogens (primary N) is 1. The van der Waals surface area contributed by atoms with Gasteiger partial charge in [-0.15, -0.1) is 12.4 Å². The zero-order valence-corrected chi connectivity index (χ0v) is 13.2. The first-order chi connectivity index (χ1) is 9.31. The number of rotatable bonds is 4. The van der Waals surface area contributed by atoms with Crippen LogP contribution in [0.5, 0.6) is 0 Å². The van der Waals surface area contributed by atoms with Gasteiger partial charge in [-0.25, -0.2) is 4.79 Å². The summed E-state index contributed by atoms with van der Waals surface area (Å²) in [6.07, 6.45) is 3.82. The minimum absolute atomic E-state index is 0. The van der Waals surface area contributed by atoms with Gasteiger partial charge >= 0.3 is 6.03 Å². The fraction of sp³-hybridized carbons (Fsp3) is 0.769. The van der Waals surface area contributed by atoms with E-state index in [9.17, 15) is 14.4 Å². The lowest BCUT2D eigenvalue weighted by Gasteiger charge is -2.32. The molecule has 7 nitrogen and oxygen atoms in total. The van der Waals surface area contributed by atoms with Crippen LogP contribution >= 0.6 is 12.4 Å². The monoisotopic (exact) mass is 318 g/mol. The quantitative estimate of drug-likeness (QED) is 0.641. The third-order valence-corrected chi connectivity index (χ3v) is 4.35. The average Bonchev–Trinajstić information content (AvgIpc) is 2.90. The molecule has 8 heteroatoms. The van der Waals surface area contributed by atoms with Crippen molar-refractivity contribution in [2.75, 3.05) is 13.1 Å². The fourth-order valence-electron chi connectivity index (χ4n) is 2.87. The zero-order chi connectivity index (χ0) is 15.0. The normalized spacial score (nSPS) is 22.7.